The Bertz CT molecular complexity index is 651. The minimum absolute atomic E-state index is 0.154. The van der Waals surface area contributed by atoms with Gasteiger partial charge in [0.2, 0.25) is 0 Å². The van der Waals surface area contributed by atoms with Gasteiger partial charge in [-0.1, -0.05) is 11.6 Å². The second kappa shape index (κ2) is 4.15. The van der Waals surface area contributed by atoms with E-state index in [-0.39, 0.29) is 20.4 Å². The molecule has 2 aromatic rings. The predicted molar refractivity (Wildman–Crippen MR) is 61.0 cm³/mol. The molecule has 0 amide bonds. The zero-order valence-electron chi connectivity index (χ0n) is 7.88. The molecule has 1 aromatic heterocycles. The Morgan fingerprint density at radius 3 is 2.65 bits per heavy atom. The number of halogens is 4. The average Bonchev–Trinajstić information content (AvgIpc) is 2.25. The first-order valence-electron chi connectivity index (χ1n) is 4.19. The van der Waals surface area contributed by atoms with E-state index in [4.69, 9.17) is 11.6 Å². The molecular weight excluding hydrogens is 321 g/mol. The number of hydrogen-bond acceptors (Lipinski definition) is 3. The van der Waals surface area contributed by atoms with Crippen molar-refractivity contribution in [2.24, 2.45) is 0 Å². The summed E-state index contributed by atoms with van der Waals surface area (Å²) in [6.45, 7) is 0. The van der Waals surface area contributed by atoms with E-state index in [1.54, 1.807) is 0 Å². The number of benzene rings is 1. The zero-order chi connectivity index (χ0) is 12.7. The summed E-state index contributed by atoms with van der Waals surface area (Å²) >= 11 is 8.60. The lowest BCUT2D eigenvalue weighted by Crippen LogP contribution is -1.95. The number of fused-ring (bicyclic) bond motifs is 1. The molecule has 4 nitrogen and oxygen atoms in total. The molecule has 0 unspecified atom stereocenters. The Hall–Kier alpha value is -1.34. The fourth-order valence-electron chi connectivity index (χ4n) is 1.35. The SMILES string of the molecule is O=[N+]([O-])c1cnc2c(F)cc(F)c(Br)c2c1Cl. The molecule has 0 atom stereocenters. The molecule has 17 heavy (non-hydrogen) atoms. The Balaban J connectivity index is 2.98. The van der Waals surface area contributed by atoms with Crippen molar-refractivity contribution in [3.63, 3.8) is 0 Å². The number of hydrogen-bond donors (Lipinski definition) is 0. The minimum Gasteiger partial charge on any atom is -0.258 e. The summed E-state index contributed by atoms with van der Waals surface area (Å²) in [5, 5.41) is 10.1. The topological polar surface area (TPSA) is 56.0 Å². The molecule has 0 bridgehead atoms. The van der Waals surface area contributed by atoms with E-state index in [1.807, 2.05) is 0 Å². The van der Waals surface area contributed by atoms with Gasteiger partial charge in [0.05, 0.1) is 9.40 Å². The Labute approximate surface area is 106 Å². The quantitative estimate of drug-likeness (QED) is 0.455. The van der Waals surface area contributed by atoms with Crippen LogP contribution in [0, 0.1) is 21.7 Å². The number of rotatable bonds is 1. The third-order valence-electron chi connectivity index (χ3n) is 2.10. The lowest BCUT2D eigenvalue weighted by Gasteiger charge is -2.05. The van der Waals surface area contributed by atoms with Crippen LogP contribution in [0.2, 0.25) is 5.02 Å². The molecule has 88 valence electrons. The zero-order valence-corrected chi connectivity index (χ0v) is 10.2. The first kappa shape index (κ1) is 12.1. The Morgan fingerprint density at radius 1 is 1.41 bits per heavy atom. The van der Waals surface area contributed by atoms with Crippen LogP contribution in [-0.2, 0) is 0 Å². The highest BCUT2D eigenvalue weighted by Gasteiger charge is 2.22. The number of nitrogens with zero attached hydrogens (tertiary/aromatic N) is 2. The molecular formula is C9H2BrClF2N2O2. The first-order chi connectivity index (χ1) is 7.93. The van der Waals surface area contributed by atoms with Crippen LogP contribution in [0.4, 0.5) is 14.5 Å². The van der Waals surface area contributed by atoms with E-state index < -0.39 is 22.2 Å². The van der Waals surface area contributed by atoms with Gasteiger partial charge in [0, 0.05) is 11.5 Å². The maximum Gasteiger partial charge on any atom is 0.306 e. The minimum atomic E-state index is -0.933. The summed E-state index contributed by atoms with van der Waals surface area (Å²) in [5.41, 5.74) is -0.737. The van der Waals surface area contributed by atoms with Crippen LogP contribution in [0.5, 0.6) is 0 Å². The highest BCUT2D eigenvalue weighted by molar-refractivity contribution is 9.10. The van der Waals surface area contributed by atoms with Crippen LogP contribution in [-0.4, -0.2) is 9.91 Å². The van der Waals surface area contributed by atoms with Crippen LogP contribution < -0.4 is 0 Å². The lowest BCUT2D eigenvalue weighted by atomic mass is 10.2. The van der Waals surface area contributed by atoms with Gasteiger partial charge >= 0.3 is 5.69 Å². The van der Waals surface area contributed by atoms with Crippen molar-refractivity contribution in [3.05, 3.63) is 43.5 Å². The smallest absolute Gasteiger partial charge is 0.258 e. The van der Waals surface area contributed by atoms with Crippen molar-refractivity contribution in [2.75, 3.05) is 0 Å². The number of nitro groups is 1. The summed E-state index contributed by atoms with van der Waals surface area (Å²) in [4.78, 5) is 13.4. The predicted octanol–water partition coefficient (Wildman–Crippen LogP) is 3.84. The molecule has 0 saturated heterocycles. The van der Waals surface area contributed by atoms with Gasteiger partial charge in [-0.3, -0.25) is 10.1 Å². The Kier molecular flexibility index (Phi) is 2.96. The van der Waals surface area contributed by atoms with E-state index in [1.165, 1.54) is 0 Å². The van der Waals surface area contributed by atoms with Crippen molar-refractivity contribution in [2.45, 2.75) is 0 Å². The normalized spacial score (nSPS) is 10.8. The van der Waals surface area contributed by atoms with Crippen LogP contribution in [0.3, 0.4) is 0 Å². The van der Waals surface area contributed by atoms with Crippen molar-refractivity contribution in [1.29, 1.82) is 0 Å². The van der Waals surface area contributed by atoms with Crippen molar-refractivity contribution in [3.8, 4) is 0 Å². The van der Waals surface area contributed by atoms with Crippen LogP contribution >= 0.6 is 27.5 Å². The third kappa shape index (κ3) is 1.85. The second-order valence-corrected chi connectivity index (χ2v) is 4.26. The van der Waals surface area contributed by atoms with Crippen LogP contribution in [0.1, 0.15) is 0 Å². The standard InChI is InChI=1S/C9H2BrClF2N2O2/c10-7-3(12)1-4(13)9-6(7)8(11)5(2-14-9)15(16)17/h1-2H. The summed E-state index contributed by atoms with van der Waals surface area (Å²) in [6, 6.07) is 0.627. The largest absolute Gasteiger partial charge is 0.306 e. The van der Waals surface area contributed by atoms with Crippen molar-refractivity contribution < 1.29 is 13.7 Å². The molecule has 1 aromatic carbocycles. The van der Waals surface area contributed by atoms with E-state index in [0.29, 0.717) is 6.07 Å². The van der Waals surface area contributed by atoms with Gasteiger partial charge in [-0.05, 0) is 15.9 Å². The lowest BCUT2D eigenvalue weighted by molar-refractivity contribution is -0.384. The van der Waals surface area contributed by atoms with Gasteiger partial charge in [-0.2, -0.15) is 0 Å². The van der Waals surface area contributed by atoms with E-state index in [2.05, 4.69) is 20.9 Å². The maximum absolute atomic E-state index is 13.4. The van der Waals surface area contributed by atoms with E-state index >= 15 is 0 Å². The van der Waals surface area contributed by atoms with Crippen molar-refractivity contribution in [1.82, 2.24) is 4.98 Å². The highest BCUT2D eigenvalue weighted by atomic mass is 79.9. The summed E-state index contributed by atoms with van der Waals surface area (Å²) < 4.78 is 26.5. The molecule has 0 N–H and O–H groups in total. The van der Waals surface area contributed by atoms with Gasteiger partial charge in [-0.15, -0.1) is 0 Å². The van der Waals surface area contributed by atoms with Crippen molar-refractivity contribution >= 4 is 44.1 Å². The van der Waals surface area contributed by atoms with Gasteiger partial charge in [0.15, 0.2) is 5.82 Å². The molecule has 1 heterocycles. The van der Waals surface area contributed by atoms with E-state index in [0.717, 1.165) is 6.20 Å². The molecule has 0 radical (unpaired) electrons. The molecule has 2 rings (SSSR count). The molecule has 0 spiro atoms. The fourth-order valence-corrected chi connectivity index (χ4v) is 2.27. The summed E-state index contributed by atoms with van der Waals surface area (Å²) in [7, 11) is 0. The first-order valence-corrected chi connectivity index (χ1v) is 5.36. The molecule has 0 aliphatic carbocycles. The number of pyridine rings is 1. The fraction of sp³-hybridized carbons (Fsp3) is 0. The summed E-state index contributed by atoms with van der Waals surface area (Å²) in [5.74, 6) is -1.84. The van der Waals surface area contributed by atoms with E-state index in [9.17, 15) is 18.9 Å². The molecule has 8 heteroatoms. The van der Waals surface area contributed by atoms with Gasteiger partial charge < -0.3 is 0 Å². The average molecular weight is 323 g/mol. The van der Waals surface area contributed by atoms with Gasteiger partial charge in [0.1, 0.15) is 22.6 Å². The Morgan fingerprint density at radius 2 is 2.06 bits per heavy atom. The highest BCUT2D eigenvalue weighted by Crippen LogP contribution is 2.37. The molecule has 0 saturated carbocycles. The van der Waals surface area contributed by atoms with Crippen LogP contribution in [0.25, 0.3) is 10.9 Å². The molecule has 0 aliphatic heterocycles. The third-order valence-corrected chi connectivity index (χ3v) is 3.26. The van der Waals surface area contributed by atoms with Gasteiger partial charge in [-0.25, -0.2) is 13.8 Å². The maximum atomic E-state index is 13.4. The van der Waals surface area contributed by atoms with Gasteiger partial charge in [0.25, 0.3) is 0 Å². The molecule has 0 aliphatic rings. The molecule has 0 fully saturated rings. The number of aromatic nitrogens is 1. The monoisotopic (exact) mass is 322 g/mol. The second-order valence-electron chi connectivity index (χ2n) is 3.09. The van der Waals surface area contributed by atoms with Crippen LogP contribution in [0.15, 0.2) is 16.7 Å². The summed E-state index contributed by atoms with van der Waals surface area (Å²) in [6.07, 6.45) is 0.831.